The molecule has 0 aromatic rings. The molecule has 1 spiro atoms. The number of carbonyl (C=O) groups is 1. The van der Waals surface area contributed by atoms with E-state index in [1.54, 1.807) is 25.9 Å². The molecular weight excluding hydrogens is 222 g/mol. The second kappa shape index (κ2) is 4.55. The first-order valence-corrected chi connectivity index (χ1v) is 6.12. The predicted molar refractivity (Wildman–Crippen MR) is 61.5 cm³/mol. The van der Waals surface area contributed by atoms with Gasteiger partial charge in [-0.3, -0.25) is 4.79 Å². The lowest BCUT2D eigenvalue weighted by Gasteiger charge is -2.41. The average Bonchev–Trinajstić information content (AvgIpc) is 2.76. The first kappa shape index (κ1) is 12.8. The number of methoxy groups -OCH3 is 1. The van der Waals surface area contributed by atoms with E-state index in [-0.39, 0.29) is 5.91 Å². The Labute approximate surface area is 102 Å². The van der Waals surface area contributed by atoms with Crippen LogP contribution in [0, 0.1) is 0 Å². The van der Waals surface area contributed by atoms with Gasteiger partial charge < -0.3 is 19.1 Å². The van der Waals surface area contributed by atoms with Crippen molar-refractivity contribution in [3.63, 3.8) is 0 Å². The fraction of sp³-hybridized carbons (Fsp3) is 0.917. The molecule has 0 aliphatic carbocycles. The Bertz CT molecular complexity index is 297. The first-order chi connectivity index (χ1) is 7.99. The van der Waals surface area contributed by atoms with Crippen molar-refractivity contribution in [3.05, 3.63) is 0 Å². The maximum absolute atomic E-state index is 12.3. The molecule has 1 amide bonds. The van der Waals surface area contributed by atoms with Crippen molar-refractivity contribution in [2.45, 2.75) is 38.1 Å². The van der Waals surface area contributed by atoms with Gasteiger partial charge in [0.15, 0.2) is 5.79 Å². The van der Waals surface area contributed by atoms with Crippen molar-refractivity contribution in [1.82, 2.24) is 4.90 Å². The maximum atomic E-state index is 12.3. The molecule has 2 fully saturated rings. The number of ether oxygens (including phenoxy) is 3. The molecule has 0 aromatic carbocycles. The minimum atomic E-state index is -0.781. The minimum Gasteiger partial charge on any atom is -0.369 e. The van der Waals surface area contributed by atoms with E-state index in [4.69, 9.17) is 14.2 Å². The zero-order valence-electron chi connectivity index (χ0n) is 10.8. The van der Waals surface area contributed by atoms with Gasteiger partial charge >= 0.3 is 0 Å². The quantitative estimate of drug-likeness (QED) is 0.719. The van der Waals surface area contributed by atoms with E-state index in [9.17, 15) is 4.79 Å². The molecule has 2 aliphatic heterocycles. The Morgan fingerprint density at radius 3 is 2.59 bits per heavy atom. The lowest BCUT2D eigenvalue weighted by atomic mass is 10.0. The first-order valence-electron chi connectivity index (χ1n) is 6.12. The summed E-state index contributed by atoms with van der Waals surface area (Å²) in [7, 11) is 1.56. The summed E-state index contributed by atoms with van der Waals surface area (Å²) >= 11 is 0. The van der Waals surface area contributed by atoms with Crippen molar-refractivity contribution in [1.29, 1.82) is 0 Å². The number of piperidine rings is 1. The van der Waals surface area contributed by atoms with Gasteiger partial charge in [0.25, 0.3) is 5.91 Å². The summed E-state index contributed by atoms with van der Waals surface area (Å²) in [4.78, 5) is 14.1. The van der Waals surface area contributed by atoms with Crippen LogP contribution in [0.25, 0.3) is 0 Å². The van der Waals surface area contributed by atoms with Gasteiger partial charge in [-0.1, -0.05) is 0 Å². The van der Waals surface area contributed by atoms with E-state index in [1.165, 1.54) is 0 Å². The third-order valence-corrected chi connectivity index (χ3v) is 3.54. The van der Waals surface area contributed by atoms with E-state index in [2.05, 4.69) is 0 Å². The maximum Gasteiger partial charge on any atom is 0.254 e. The van der Waals surface area contributed by atoms with Crippen LogP contribution >= 0.6 is 0 Å². The summed E-state index contributed by atoms with van der Waals surface area (Å²) in [5, 5.41) is 0. The molecule has 0 atom stereocenters. The lowest BCUT2D eigenvalue weighted by molar-refractivity contribution is -0.199. The number of amides is 1. The molecule has 0 bridgehead atoms. The molecule has 0 N–H and O–H groups in total. The normalized spacial score (nSPS) is 24.3. The van der Waals surface area contributed by atoms with Crippen molar-refractivity contribution in [3.8, 4) is 0 Å². The number of carbonyl (C=O) groups excluding carboxylic acids is 1. The molecule has 17 heavy (non-hydrogen) atoms. The van der Waals surface area contributed by atoms with Crippen LogP contribution in [0.4, 0.5) is 0 Å². The van der Waals surface area contributed by atoms with E-state index in [1.807, 2.05) is 0 Å². The minimum absolute atomic E-state index is 0.00169. The molecule has 0 unspecified atom stereocenters. The van der Waals surface area contributed by atoms with Gasteiger partial charge in [0, 0.05) is 20.1 Å². The van der Waals surface area contributed by atoms with Crippen molar-refractivity contribution >= 4 is 5.91 Å². The van der Waals surface area contributed by atoms with Crippen LogP contribution in [0.1, 0.15) is 26.7 Å². The highest BCUT2D eigenvalue weighted by Crippen LogP contribution is 2.31. The van der Waals surface area contributed by atoms with Crippen LogP contribution in [0.2, 0.25) is 0 Å². The molecule has 2 saturated heterocycles. The Morgan fingerprint density at radius 2 is 2.00 bits per heavy atom. The summed E-state index contributed by atoms with van der Waals surface area (Å²) < 4.78 is 16.5. The van der Waals surface area contributed by atoms with E-state index in [0.717, 1.165) is 19.4 Å². The Kier molecular flexibility index (Phi) is 3.43. The number of hydrogen-bond acceptors (Lipinski definition) is 4. The predicted octanol–water partition coefficient (Wildman–Crippen LogP) is 0.777. The molecule has 2 aliphatic rings. The SMILES string of the molecule is COC(C)(C)C(=O)N1CCCC2(C1)OCCO2. The summed E-state index contributed by atoms with van der Waals surface area (Å²) in [5.74, 6) is -0.559. The molecule has 2 rings (SSSR count). The molecule has 5 heteroatoms. The number of rotatable bonds is 2. The highest BCUT2D eigenvalue weighted by molar-refractivity contribution is 5.84. The topological polar surface area (TPSA) is 48.0 Å². The summed E-state index contributed by atoms with van der Waals surface area (Å²) in [6, 6.07) is 0. The lowest BCUT2D eigenvalue weighted by Crippen LogP contribution is -2.56. The summed E-state index contributed by atoms with van der Waals surface area (Å²) in [5.41, 5.74) is -0.781. The number of nitrogens with zero attached hydrogens (tertiary/aromatic N) is 1. The van der Waals surface area contributed by atoms with E-state index < -0.39 is 11.4 Å². The third-order valence-electron chi connectivity index (χ3n) is 3.54. The molecular formula is C12H21NO4. The van der Waals surface area contributed by atoms with Gasteiger partial charge in [0.2, 0.25) is 0 Å². The van der Waals surface area contributed by atoms with Gasteiger partial charge in [-0.15, -0.1) is 0 Å². The Balaban J connectivity index is 2.04. The molecule has 0 saturated carbocycles. The highest BCUT2D eigenvalue weighted by Gasteiger charge is 2.44. The number of hydrogen-bond donors (Lipinski definition) is 0. The third kappa shape index (κ3) is 2.46. The molecule has 5 nitrogen and oxygen atoms in total. The molecule has 98 valence electrons. The van der Waals surface area contributed by atoms with Gasteiger partial charge in [-0.05, 0) is 20.3 Å². The van der Waals surface area contributed by atoms with Gasteiger partial charge in [-0.2, -0.15) is 0 Å². The van der Waals surface area contributed by atoms with E-state index in [0.29, 0.717) is 19.8 Å². The van der Waals surface area contributed by atoms with Crippen LogP contribution in [0.3, 0.4) is 0 Å². The van der Waals surface area contributed by atoms with Crippen LogP contribution < -0.4 is 0 Å². The fourth-order valence-electron chi connectivity index (χ4n) is 2.36. The van der Waals surface area contributed by atoms with Crippen molar-refractivity contribution in [2.75, 3.05) is 33.4 Å². The molecule has 0 aromatic heterocycles. The smallest absolute Gasteiger partial charge is 0.254 e. The highest BCUT2D eigenvalue weighted by atomic mass is 16.7. The van der Waals surface area contributed by atoms with Gasteiger partial charge in [0.05, 0.1) is 19.8 Å². The second-order valence-electron chi connectivity index (χ2n) is 5.15. The van der Waals surface area contributed by atoms with Crippen LogP contribution in [0.5, 0.6) is 0 Å². The Hall–Kier alpha value is -0.650. The second-order valence-corrected chi connectivity index (χ2v) is 5.15. The molecule has 2 heterocycles. The number of likely N-dealkylation sites (tertiary alicyclic amines) is 1. The van der Waals surface area contributed by atoms with Gasteiger partial charge in [0.1, 0.15) is 5.60 Å². The van der Waals surface area contributed by atoms with Crippen molar-refractivity contribution in [2.24, 2.45) is 0 Å². The largest absolute Gasteiger partial charge is 0.369 e. The average molecular weight is 243 g/mol. The van der Waals surface area contributed by atoms with Crippen LogP contribution in [0.15, 0.2) is 0 Å². The summed E-state index contributed by atoms with van der Waals surface area (Å²) in [6.45, 7) is 6.07. The Morgan fingerprint density at radius 1 is 1.35 bits per heavy atom. The summed E-state index contributed by atoms with van der Waals surface area (Å²) in [6.07, 6.45) is 1.77. The zero-order valence-corrected chi connectivity index (χ0v) is 10.8. The van der Waals surface area contributed by atoms with Crippen molar-refractivity contribution < 1.29 is 19.0 Å². The fourth-order valence-corrected chi connectivity index (χ4v) is 2.36. The van der Waals surface area contributed by atoms with Crippen LogP contribution in [-0.4, -0.2) is 55.6 Å². The monoisotopic (exact) mass is 243 g/mol. The standard InChI is InChI=1S/C12H21NO4/c1-11(2,15-3)10(14)13-6-4-5-12(9-13)16-7-8-17-12/h4-9H2,1-3H3. The van der Waals surface area contributed by atoms with Crippen LogP contribution in [-0.2, 0) is 19.0 Å². The van der Waals surface area contributed by atoms with Gasteiger partial charge in [-0.25, -0.2) is 0 Å². The molecule has 0 radical (unpaired) electrons. The zero-order chi connectivity index (χ0) is 12.5. The van der Waals surface area contributed by atoms with E-state index >= 15 is 0 Å².